The first-order valence-electron chi connectivity index (χ1n) is 9.78. The van der Waals surface area contributed by atoms with E-state index in [0.717, 1.165) is 35.0 Å². The Morgan fingerprint density at radius 2 is 1.59 bits per heavy atom. The number of benzene rings is 3. The van der Waals surface area contributed by atoms with Gasteiger partial charge in [-0.05, 0) is 72.4 Å². The number of phenolic OH excluding ortho intramolecular Hbond substituents is 1. The summed E-state index contributed by atoms with van der Waals surface area (Å²) in [7, 11) is 0. The average Bonchev–Trinajstić information content (AvgIpc) is 3.10. The van der Waals surface area contributed by atoms with E-state index >= 15 is 0 Å². The highest BCUT2D eigenvalue weighted by atomic mass is 16.4. The van der Waals surface area contributed by atoms with E-state index in [2.05, 4.69) is 47.2 Å². The predicted octanol–water partition coefficient (Wildman–Crippen LogP) is 5.14. The van der Waals surface area contributed by atoms with Crippen LogP contribution in [0.4, 0.5) is 0 Å². The summed E-state index contributed by atoms with van der Waals surface area (Å²) in [6.45, 7) is 0. The summed E-state index contributed by atoms with van der Waals surface area (Å²) in [4.78, 5) is 11.0. The summed E-state index contributed by atoms with van der Waals surface area (Å²) in [5.74, 6) is -0.540. The van der Waals surface area contributed by atoms with E-state index < -0.39 is 5.97 Å². The van der Waals surface area contributed by atoms with Gasteiger partial charge in [-0.15, -0.1) is 0 Å². The third-order valence-electron chi connectivity index (χ3n) is 5.23. The zero-order valence-corrected chi connectivity index (χ0v) is 16.1. The summed E-state index contributed by atoms with van der Waals surface area (Å²) >= 11 is 0. The molecule has 0 bridgehead atoms. The second-order valence-corrected chi connectivity index (χ2v) is 7.27. The number of carboxylic acid groups (broad SMARTS) is 1. The summed E-state index contributed by atoms with van der Waals surface area (Å²) in [5.41, 5.74) is 5.62. The molecule has 0 saturated heterocycles. The van der Waals surface area contributed by atoms with Crippen molar-refractivity contribution in [3.05, 3.63) is 95.7 Å². The van der Waals surface area contributed by atoms with Gasteiger partial charge < -0.3 is 14.8 Å². The first kappa shape index (κ1) is 18.8. The number of phenols is 1. The van der Waals surface area contributed by atoms with E-state index in [4.69, 9.17) is 5.11 Å². The standard InChI is InChI=1S/C25H23NO3/c27-22-12-10-21(11-13-22)26-17-20(9-6-18-4-2-1-3-5-18)23-16-19(7-14-24(23)26)8-15-25(28)29/h1-5,7,10-14,16-17,27H,6,8-9,15H2,(H,28,29). The molecule has 4 heteroatoms. The number of hydrogen-bond acceptors (Lipinski definition) is 2. The lowest BCUT2D eigenvalue weighted by molar-refractivity contribution is -0.136. The zero-order valence-electron chi connectivity index (χ0n) is 16.1. The molecule has 0 radical (unpaired) electrons. The molecule has 0 aliphatic heterocycles. The second kappa shape index (κ2) is 8.23. The van der Waals surface area contributed by atoms with Crippen molar-refractivity contribution in [3.8, 4) is 11.4 Å². The molecular weight excluding hydrogens is 362 g/mol. The number of aromatic hydroxyl groups is 1. The van der Waals surface area contributed by atoms with Crippen LogP contribution in [0.25, 0.3) is 16.6 Å². The van der Waals surface area contributed by atoms with E-state index in [1.807, 2.05) is 24.3 Å². The van der Waals surface area contributed by atoms with Gasteiger partial charge in [-0.25, -0.2) is 0 Å². The van der Waals surface area contributed by atoms with Gasteiger partial charge in [0, 0.05) is 23.7 Å². The van der Waals surface area contributed by atoms with Crippen LogP contribution in [-0.2, 0) is 24.1 Å². The Labute approximate surface area is 169 Å². The smallest absolute Gasteiger partial charge is 0.303 e. The van der Waals surface area contributed by atoms with Gasteiger partial charge in [-0.3, -0.25) is 4.79 Å². The lowest BCUT2D eigenvalue weighted by Crippen LogP contribution is -1.97. The van der Waals surface area contributed by atoms with Crippen molar-refractivity contribution < 1.29 is 15.0 Å². The minimum Gasteiger partial charge on any atom is -0.508 e. The number of aliphatic carboxylic acids is 1. The van der Waals surface area contributed by atoms with Gasteiger partial charge in [0.25, 0.3) is 0 Å². The quantitative estimate of drug-likeness (QED) is 0.463. The van der Waals surface area contributed by atoms with E-state index in [9.17, 15) is 9.90 Å². The molecule has 0 unspecified atom stereocenters. The fourth-order valence-electron chi connectivity index (χ4n) is 3.70. The fourth-order valence-corrected chi connectivity index (χ4v) is 3.70. The molecule has 0 saturated carbocycles. The number of carboxylic acids is 1. The number of carbonyl (C=O) groups is 1. The summed E-state index contributed by atoms with van der Waals surface area (Å²) in [6, 6.07) is 23.8. The molecule has 0 fully saturated rings. The third kappa shape index (κ3) is 4.32. The normalized spacial score (nSPS) is 11.0. The topological polar surface area (TPSA) is 62.5 Å². The number of aryl methyl sites for hydroxylation is 3. The fraction of sp³-hybridized carbons (Fsp3) is 0.160. The minimum atomic E-state index is -0.781. The average molecular weight is 385 g/mol. The van der Waals surface area contributed by atoms with Gasteiger partial charge in [-0.2, -0.15) is 0 Å². The highest BCUT2D eigenvalue weighted by Gasteiger charge is 2.12. The molecule has 0 atom stereocenters. The lowest BCUT2D eigenvalue weighted by atomic mass is 10.0. The van der Waals surface area contributed by atoms with Crippen molar-refractivity contribution in [2.24, 2.45) is 0 Å². The van der Waals surface area contributed by atoms with Crippen molar-refractivity contribution in [2.75, 3.05) is 0 Å². The Morgan fingerprint density at radius 3 is 2.31 bits per heavy atom. The number of aromatic nitrogens is 1. The molecule has 0 amide bonds. The highest BCUT2D eigenvalue weighted by molar-refractivity contribution is 5.86. The molecule has 29 heavy (non-hydrogen) atoms. The van der Waals surface area contributed by atoms with Gasteiger partial charge in [0.05, 0.1) is 5.52 Å². The van der Waals surface area contributed by atoms with Crippen LogP contribution in [0.3, 0.4) is 0 Å². The number of rotatable bonds is 7. The van der Waals surface area contributed by atoms with E-state index in [1.54, 1.807) is 12.1 Å². The molecule has 146 valence electrons. The van der Waals surface area contributed by atoms with Crippen LogP contribution < -0.4 is 0 Å². The highest BCUT2D eigenvalue weighted by Crippen LogP contribution is 2.28. The Hall–Kier alpha value is -3.53. The summed E-state index contributed by atoms with van der Waals surface area (Å²) < 4.78 is 2.13. The molecular formula is C25H23NO3. The van der Waals surface area contributed by atoms with Gasteiger partial charge in [0.2, 0.25) is 0 Å². The van der Waals surface area contributed by atoms with Crippen LogP contribution in [-0.4, -0.2) is 20.7 Å². The first-order chi connectivity index (χ1) is 14.1. The van der Waals surface area contributed by atoms with Crippen molar-refractivity contribution in [2.45, 2.75) is 25.7 Å². The summed E-state index contributed by atoms with van der Waals surface area (Å²) in [6.07, 6.45) is 4.64. The Morgan fingerprint density at radius 1 is 0.828 bits per heavy atom. The van der Waals surface area contributed by atoms with Crippen LogP contribution in [0.5, 0.6) is 5.75 Å². The van der Waals surface area contributed by atoms with Crippen molar-refractivity contribution in [1.82, 2.24) is 4.57 Å². The van der Waals surface area contributed by atoms with Crippen LogP contribution in [0.1, 0.15) is 23.1 Å². The van der Waals surface area contributed by atoms with Gasteiger partial charge in [-0.1, -0.05) is 36.4 Å². The van der Waals surface area contributed by atoms with E-state index in [0.29, 0.717) is 6.42 Å². The number of fused-ring (bicyclic) bond motifs is 1. The SMILES string of the molecule is O=C(O)CCc1ccc2c(c1)c(CCc1ccccc1)cn2-c1ccc(O)cc1. The summed E-state index contributed by atoms with van der Waals surface area (Å²) in [5, 5.41) is 19.8. The van der Waals surface area contributed by atoms with Gasteiger partial charge >= 0.3 is 5.97 Å². The number of hydrogen-bond donors (Lipinski definition) is 2. The molecule has 0 aliphatic carbocycles. The van der Waals surface area contributed by atoms with Crippen molar-refractivity contribution in [3.63, 3.8) is 0 Å². The largest absolute Gasteiger partial charge is 0.508 e. The maximum absolute atomic E-state index is 11.0. The zero-order chi connectivity index (χ0) is 20.2. The maximum atomic E-state index is 11.0. The van der Waals surface area contributed by atoms with Crippen LogP contribution >= 0.6 is 0 Å². The van der Waals surface area contributed by atoms with E-state index in [1.165, 1.54) is 11.1 Å². The second-order valence-electron chi connectivity index (χ2n) is 7.27. The monoisotopic (exact) mass is 385 g/mol. The van der Waals surface area contributed by atoms with Gasteiger partial charge in [0.1, 0.15) is 5.75 Å². The number of nitrogens with zero attached hydrogens (tertiary/aromatic N) is 1. The van der Waals surface area contributed by atoms with Gasteiger partial charge in [0.15, 0.2) is 0 Å². The lowest BCUT2D eigenvalue weighted by Gasteiger charge is -2.06. The third-order valence-corrected chi connectivity index (χ3v) is 5.23. The van der Waals surface area contributed by atoms with Crippen molar-refractivity contribution >= 4 is 16.9 Å². The van der Waals surface area contributed by atoms with Crippen LogP contribution in [0.2, 0.25) is 0 Å². The van der Waals surface area contributed by atoms with Crippen molar-refractivity contribution in [1.29, 1.82) is 0 Å². The Kier molecular flexibility index (Phi) is 5.34. The Bertz CT molecular complexity index is 1130. The predicted molar refractivity (Wildman–Crippen MR) is 115 cm³/mol. The minimum absolute atomic E-state index is 0.128. The molecule has 4 rings (SSSR count). The molecule has 1 heterocycles. The molecule has 1 aromatic heterocycles. The molecule has 0 aliphatic rings. The maximum Gasteiger partial charge on any atom is 0.303 e. The molecule has 4 aromatic rings. The van der Waals surface area contributed by atoms with E-state index in [-0.39, 0.29) is 12.2 Å². The molecule has 4 nitrogen and oxygen atoms in total. The Balaban J connectivity index is 1.73. The van der Waals surface area contributed by atoms with Crippen LogP contribution in [0.15, 0.2) is 79.0 Å². The molecule has 3 aromatic carbocycles. The molecule has 2 N–H and O–H groups in total. The first-order valence-corrected chi connectivity index (χ1v) is 9.78. The molecule has 0 spiro atoms. The van der Waals surface area contributed by atoms with Crippen LogP contribution in [0, 0.1) is 0 Å².